The number of rotatable bonds is 5. The molecule has 0 unspecified atom stereocenters. The topological polar surface area (TPSA) is 27.8 Å². The van der Waals surface area contributed by atoms with Crippen molar-refractivity contribution in [2.45, 2.75) is 77.7 Å². The minimum absolute atomic E-state index is 0. The quantitative estimate of drug-likeness (QED) is 0.413. The van der Waals surface area contributed by atoms with E-state index in [1.165, 1.54) is 54.1 Å². The molecule has 0 bridgehead atoms. The highest BCUT2D eigenvalue weighted by atomic mass is 35.5. The third-order valence-electron chi connectivity index (χ3n) is 8.69. The summed E-state index contributed by atoms with van der Waals surface area (Å²) in [6.07, 6.45) is 8.76. The second-order valence-corrected chi connectivity index (χ2v) is 11.1. The lowest BCUT2D eigenvalue weighted by Crippen LogP contribution is -2.52. The molecule has 2 N–H and O–H groups in total. The zero-order chi connectivity index (χ0) is 21.6. The molecule has 5 rings (SSSR count). The molecule has 2 aliphatic carbocycles. The smallest absolute Gasteiger partial charge is 0.0457 e. The van der Waals surface area contributed by atoms with Gasteiger partial charge in [-0.25, -0.2) is 0 Å². The Morgan fingerprint density at radius 1 is 1.09 bits per heavy atom. The first-order chi connectivity index (χ1) is 14.9. The summed E-state index contributed by atoms with van der Waals surface area (Å²) in [5, 5.41) is 5.22. The second kappa shape index (κ2) is 8.88. The largest absolute Gasteiger partial charge is 0.361 e. The molecule has 2 aliphatic rings. The zero-order valence-corrected chi connectivity index (χ0v) is 20.9. The Kier molecular flexibility index (Phi) is 6.49. The molecule has 0 aliphatic heterocycles. The zero-order valence-electron chi connectivity index (χ0n) is 20.1. The van der Waals surface area contributed by atoms with Crippen LogP contribution in [0.3, 0.4) is 0 Å². The molecule has 0 amide bonds. The van der Waals surface area contributed by atoms with E-state index in [4.69, 9.17) is 0 Å². The average molecular weight is 451 g/mol. The molecule has 2 aromatic carbocycles. The van der Waals surface area contributed by atoms with Crippen LogP contribution in [0.1, 0.15) is 81.5 Å². The minimum Gasteiger partial charge on any atom is -0.361 e. The lowest BCUT2D eigenvalue weighted by Gasteiger charge is -2.55. The van der Waals surface area contributed by atoms with Gasteiger partial charge in [0, 0.05) is 30.2 Å². The van der Waals surface area contributed by atoms with Crippen molar-refractivity contribution < 1.29 is 0 Å². The number of aryl methyl sites for hydroxylation is 1. The number of fused-ring (bicyclic) bond motifs is 4. The highest BCUT2D eigenvalue weighted by Crippen LogP contribution is 2.57. The van der Waals surface area contributed by atoms with E-state index in [-0.39, 0.29) is 12.4 Å². The van der Waals surface area contributed by atoms with Crippen LogP contribution < -0.4 is 5.32 Å². The summed E-state index contributed by atoms with van der Waals surface area (Å²) in [7, 11) is 0. The summed E-state index contributed by atoms with van der Waals surface area (Å²) < 4.78 is 0. The number of hydrogen-bond donors (Lipinski definition) is 2. The average Bonchev–Trinajstić information content (AvgIpc) is 3.16. The molecule has 32 heavy (non-hydrogen) atoms. The lowest BCUT2D eigenvalue weighted by molar-refractivity contribution is 0.0257. The summed E-state index contributed by atoms with van der Waals surface area (Å²) in [5.74, 6) is 1.36. The van der Waals surface area contributed by atoms with E-state index in [1.54, 1.807) is 11.1 Å². The van der Waals surface area contributed by atoms with Crippen LogP contribution in [-0.4, -0.2) is 11.5 Å². The monoisotopic (exact) mass is 450 g/mol. The van der Waals surface area contributed by atoms with E-state index in [0.717, 1.165) is 19.0 Å². The Balaban J connectivity index is 0.00000245. The number of aromatic nitrogens is 1. The van der Waals surface area contributed by atoms with Gasteiger partial charge in [-0.05, 0) is 76.7 Å². The number of H-pyrrole nitrogens is 1. The van der Waals surface area contributed by atoms with E-state index in [1.807, 2.05) is 0 Å². The number of nitrogens with one attached hydrogen (secondary N) is 2. The Bertz CT molecular complexity index is 1080. The van der Waals surface area contributed by atoms with E-state index >= 15 is 0 Å². The van der Waals surface area contributed by atoms with Gasteiger partial charge in [0.1, 0.15) is 0 Å². The van der Waals surface area contributed by atoms with Crippen molar-refractivity contribution in [3.8, 4) is 0 Å². The van der Waals surface area contributed by atoms with Crippen molar-refractivity contribution in [3.63, 3.8) is 0 Å². The van der Waals surface area contributed by atoms with Gasteiger partial charge in [-0.2, -0.15) is 0 Å². The molecule has 172 valence electrons. The standard InChI is InChI=1S/C29H38N2.ClH/c1-20(2)21-10-12-25-22(16-21)11-13-27-28(3,14-7-15-29(25,27)4)19-30-17-23-18-31-26-9-6-5-8-24(23)26;/h5-6,8-10,12,16,18,20,27,30-31H,7,11,13-15,17,19H2,1-4H3;1H/t27-,28-,29+;/m0./s1. The van der Waals surface area contributed by atoms with Crippen LogP contribution in [0.25, 0.3) is 10.9 Å². The van der Waals surface area contributed by atoms with E-state index in [0.29, 0.717) is 16.7 Å². The fourth-order valence-electron chi connectivity index (χ4n) is 6.98. The van der Waals surface area contributed by atoms with Crippen LogP contribution in [0.2, 0.25) is 0 Å². The van der Waals surface area contributed by atoms with Gasteiger partial charge in [-0.1, -0.05) is 70.5 Å². The van der Waals surface area contributed by atoms with Crippen LogP contribution in [-0.2, 0) is 18.4 Å². The van der Waals surface area contributed by atoms with E-state index in [9.17, 15) is 0 Å². The van der Waals surface area contributed by atoms with Crippen molar-refractivity contribution in [2.24, 2.45) is 11.3 Å². The maximum absolute atomic E-state index is 3.87. The fourth-order valence-corrected chi connectivity index (χ4v) is 6.98. The molecule has 2 nitrogen and oxygen atoms in total. The van der Waals surface area contributed by atoms with Crippen LogP contribution in [0.4, 0.5) is 0 Å². The second-order valence-electron chi connectivity index (χ2n) is 11.1. The molecule has 0 spiro atoms. The summed E-state index contributed by atoms with van der Waals surface area (Å²) in [6, 6.07) is 16.0. The predicted octanol–water partition coefficient (Wildman–Crippen LogP) is 7.51. The van der Waals surface area contributed by atoms with Gasteiger partial charge in [-0.3, -0.25) is 0 Å². The number of hydrogen-bond acceptors (Lipinski definition) is 1. The number of benzene rings is 2. The van der Waals surface area contributed by atoms with Gasteiger partial charge in [0.2, 0.25) is 0 Å². The fraction of sp³-hybridized carbons (Fsp3) is 0.517. The summed E-state index contributed by atoms with van der Waals surface area (Å²) in [6.45, 7) is 11.8. The first-order valence-electron chi connectivity index (χ1n) is 12.3. The Hall–Kier alpha value is -1.77. The van der Waals surface area contributed by atoms with Gasteiger partial charge >= 0.3 is 0 Å². The van der Waals surface area contributed by atoms with Crippen LogP contribution in [0.15, 0.2) is 48.7 Å². The first kappa shape index (κ1) is 23.4. The molecular formula is C29H39ClN2. The number of halogens is 1. The molecule has 0 saturated heterocycles. The van der Waals surface area contributed by atoms with Crippen molar-refractivity contribution in [1.82, 2.24) is 10.3 Å². The van der Waals surface area contributed by atoms with Gasteiger partial charge in [0.05, 0.1) is 0 Å². The SMILES string of the molecule is CC(C)c1ccc2c(c1)CC[C@H]1[C@](C)(CNCc3c[nH]c4ccccc34)CCC[C@]21C.Cl. The minimum atomic E-state index is 0. The van der Waals surface area contributed by atoms with Gasteiger partial charge in [0.25, 0.3) is 0 Å². The van der Waals surface area contributed by atoms with Crippen LogP contribution in [0, 0.1) is 11.3 Å². The third-order valence-corrected chi connectivity index (χ3v) is 8.69. The van der Waals surface area contributed by atoms with E-state index < -0.39 is 0 Å². The van der Waals surface area contributed by atoms with Crippen molar-refractivity contribution >= 4 is 23.3 Å². The Morgan fingerprint density at radius 2 is 1.91 bits per heavy atom. The summed E-state index contributed by atoms with van der Waals surface area (Å²) in [4.78, 5) is 3.42. The van der Waals surface area contributed by atoms with Crippen molar-refractivity contribution in [2.75, 3.05) is 6.54 Å². The normalized spacial score (nSPS) is 27.1. The maximum Gasteiger partial charge on any atom is 0.0457 e. The molecule has 1 aromatic heterocycles. The van der Waals surface area contributed by atoms with Crippen molar-refractivity contribution in [3.05, 3.63) is 70.9 Å². The van der Waals surface area contributed by atoms with Gasteiger partial charge in [-0.15, -0.1) is 12.4 Å². The van der Waals surface area contributed by atoms with E-state index in [2.05, 4.69) is 86.7 Å². The Labute approximate surface area is 200 Å². The van der Waals surface area contributed by atoms with Crippen molar-refractivity contribution in [1.29, 1.82) is 0 Å². The molecule has 0 radical (unpaired) electrons. The molecule has 3 aromatic rings. The maximum atomic E-state index is 3.87. The first-order valence-corrected chi connectivity index (χ1v) is 12.3. The Morgan fingerprint density at radius 3 is 2.72 bits per heavy atom. The highest BCUT2D eigenvalue weighted by molar-refractivity contribution is 5.85. The molecule has 1 heterocycles. The van der Waals surface area contributed by atoms with Crippen LogP contribution in [0.5, 0.6) is 0 Å². The van der Waals surface area contributed by atoms with Gasteiger partial charge in [0.15, 0.2) is 0 Å². The predicted molar refractivity (Wildman–Crippen MR) is 139 cm³/mol. The van der Waals surface area contributed by atoms with Crippen LogP contribution >= 0.6 is 12.4 Å². The molecule has 3 heteroatoms. The number of para-hydroxylation sites is 1. The number of aromatic amines is 1. The van der Waals surface area contributed by atoms with Gasteiger partial charge < -0.3 is 10.3 Å². The lowest BCUT2D eigenvalue weighted by atomic mass is 9.49. The molecule has 1 saturated carbocycles. The summed E-state index contributed by atoms with van der Waals surface area (Å²) >= 11 is 0. The highest BCUT2D eigenvalue weighted by Gasteiger charge is 2.51. The molecule has 1 fully saturated rings. The molecular weight excluding hydrogens is 412 g/mol. The third kappa shape index (κ3) is 3.90. The summed E-state index contributed by atoms with van der Waals surface area (Å²) in [5.41, 5.74) is 8.07. The molecule has 3 atom stereocenters.